The maximum atomic E-state index is 12.2. The van der Waals surface area contributed by atoms with Gasteiger partial charge in [-0.15, -0.1) is 0 Å². The third kappa shape index (κ3) is 2.29. The Morgan fingerprint density at radius 1 is 1.44 bits per heavy atom. The number of amides is 1. The van der Waals surface area contributed by atoms with E-state index in [1.54, 1.807) is 17.9 Å². The molecule has 1 N–H and O–H groups in total. The Balaban J connectivity index is 2.05. The van der Waals surface area contributed by atoms with Gasteiger partial charge in [-0.25, -0.2) is 0 Å². The van der Waals surface area contributed by atoms with Gasteiger partial charge in [0, 0.05) is 13.1 Å². The van der Waals surface area contributed by atoms with E-state index in [9.17, 15) is 9.59 Å². The first kappa shape index (κ1) is 13.1. The number of furan rings is 1. The molecule has 0 unspecified atom stereocenters. The minimum absolute atomic E-state index is 0.122. The molecule has 1 aromatic rings. The molecule has 0 saturated carbocycles. The summed E-state index contributed by atoms with van der Waals surface area (Å²) in [4.78, 5) is 24.9. The van der Waals surface area contributed by atoms with Gasteiger partial charge in [0.05, 0.1) is 17.2 Å². The molecule has 98 valence electrons. The summed E-state index contributed by atoms with van der Waals surface area (Å²) in [7, 11) is 0. The van der Waals surface area contributed by atoms with Crippen LogP contribution in [0.15, 0.2) is 21.4 Å². The van der Waals surface area contributed by atoms with E-state index in [1.807, 2.05) is 0 Å². The zero-order chi connectivity index (χ0) is 13.3. The van der Waals surface area contributed by atoms with Gasteiger partial charge < -0.3 is 14.4 Å². The Morgan fingerprint density at radius 2 is 2.06 bits per heavy atom. The maximum Gasteiger partial charge on any atom is 0.309 e. The highest BCUT2D eigenvalue weighted by atomic mass is 79.9. The average Bonchev–Trinajstić information content (AvgIpc) is 2.75. The lowest BCUT2D eigenvalue weighted by atomic mass is 9.80. The molecule has 0 radical (unpaired) electrons. The van der Waals surface area contributed by atoms with E-state index in [1.165, 1.54) is 6.26 Å². The van der Waals surface area contributed by atoms with E-state index in [0.29, 0.717) is 36.2 Å². The van der Waals surface area contributed by atoms with Crippen LogP contribution < -0.4 is 0 Å². The lowest BCUT2D eigenvalue weighted by molar-refractivity contribution is -0.150. The molecule has 2 rings (SSSR count). The van der Waals surface area contributed by atoms with Crippen LogP contribution in [0, 0.1) is 5.41 Å². The number of nitrogens with zero attached hydrogens (tertiary/aromatic N) is 1. The Hall–Kier alpha value is -1.30. The molecule has 1 saturated heterocycles. The number of piperidine rings is 1. The van der Waals surface area contributed by atoms with Crippen molar-refractivity contribution in [2.24, 2.45) is 5.41 Å². The highest BCUT2D eigenvalue weighted by molar-refractivity contribution is 9.10. The molecule has 0 aromatic carbocycles. The van der Waals surface area contributed by atoms with Crippen LogP contribution in [0.5, 0.6) is 0 Å². The molecule has 0 aliphatic carbocycles. The Morgan fingerprint density at radius 3 is 2.50 bits per heavy atom. The maximum absolute atomic E-state index is 12.2. The van der Waals surface area contributed by atoms with Crippen molar-refractivity contribution in [3.05, 3.63) is 22.6 Å². The standard InChI is InChI=1S/C12H14BrNO4/c1-12(11(16)17)3-5-14(6-4-12)10(15)8-2-7-18-9(8)13/h2,7H,3-6H2,1H3,(H,16,17). The molecule has 18 heavy (non-hydrogen) atoms. The molecule has 5 nitrogen and oxygen atoms in total. The summed E-state index contributed by atoms with van der Waals surface area (Å²) < 4.78 is 5.45. The average molecular weight is 316 g/mol. The molecule has 1 aromatic heterocycles. The largest absolute Gasteiger partial charge is 0.481 e. The van der Waals surface area contributed by atoms with E-state index < -0.39 is 11.4 Å². The van der Waals surface area contributed by atoms with Crippen molar-refractivity contribution in [2.45, 2.75) is 19.8 Å². The molecule has 0 bridgehead atoms. The third-order valence-corrected chi connectivity index (χ3v) is 4.13. The van der Waals surface area contributed by atoms with Gasteiger partial charge in [0.2, 0.25) is 0 Å². The van der Waals surface area contributed by atoms with Gasteiger partial charge in [0.25, 0.3) is 5.91 Å². The number of carboxylic acids is 1. The molecule has 1 aliphatic rings. The van der Waals surface area contributed by atoms with Crippen LogP contribution >= 0.6 is 15.9 Å². The van der Waals surface area contributed by atoms with Crippen LogP contribution in [0.25, 0.3) is 0 Å². The Labute approximate surface area is 113 Å². The first-order valence-corrected chi connectivity index (χ1v) is 6.49. The summed E-state index contributed by atoms with van der Waals surface area (Å²) in [5, 5.41) is 9.12. The van der Waals surface area contributed by atoms with Crippen molar-refractivity contribution < 1.29 is 19.1 Å². The fourth-order valence-corrected chi connectivity index (χ4v) is 2.44. The van der Waals surface area contributed by atoms with E-state index in [2.05, 4.69) is 15.9 Å². The predicted octanol–water partition coefficient (Wildman–Crippen LogP) is 2.37. The second kappa shape index (κ2) is 4.76. The molecule has 1 fully saturated rings. The van der Waals surface area contributed by atoms with Gasteiger partial charge in [0.15, 0.2) is 4.67 Å². The molecular formula is C12H14BrNO4. The molecule has 6 heteroatoms. The normalized spacial score (nSPS) is 18.7. The molecule has 1 amide bonds. The zero-order valence-electron chi connectivity index (χ0n) is 9.98. The van der Waals surface area contributed by atoms with Crippen molar-refractivity contribution in [1.82, 2.24) is 4.90 Å². The number of carbonyl (C=O) groups is 2. The van der Waals surface area contributed by atoms with Gasteiger partial charge in [-0.3, -0.25) is 9.59 Å². The number of carboxylic acid groups (broad SMARTS) is 1. The lowest BCUT2D eigenvalue weighted by Crippen LogP contribution is -2.45. The molecule has 1 aliphatic heterocycles. The lowest BCUT2D eigenvalue weighted by Gasteiger charge is -2.36. The monoisotopic (exact) mass is 315 g/mol. The summed E-state index contributed by atoms with van der Waals surface area (Å²) in [6, 6.07) is 1.61. The second-order valence-corrected chi connectivity index (χ2v) is 5.49. The number of aliphatic carboxylic acids is 1. The predicted molar refractivity (Wildman–Crippen MR) is 67.3 cm³/mol. The molecule has 0 atom stereocenters. The van der Waals surface area contributed by atoms with Crippen molar-refractivity contribution in [3.63, 3.8) is 0 Å². The summed E-state index contributed by atoms with van der Waals surface area (Å²) in [6.45, 7) is 2.64. The number of carbonyl (C=O) groups excluding carboxylic acids is 1. The highest BCUT2D eigenvalue weighted by Gasteiger charge is 2.38. The van der Waals surface area contributed by atoms with Crippen LogP contribution in [0.4, 0.5) is 0 Å². The topological polar surface area (TPSA) is 70.8 Å². The van der Waals surface area contributed by atoms with E-state index >= 15 is 0 Å². The number of rotatable bonds is 2. The van der Waals surface area contributed by atoms with Crippen LogP contribution in [-0.2, 0) is 4.79 Å². The minimum atomic E-state index is -0.793. The summed E-state index contributed by atoms with van der Waals surface area (Å²) >= 11 is 3.17. The van der Waals surface area contributed by atoms with Gasteiger partial charge >= 0.3 is 5.97 Å². The third-order valence-electron chi connectivity index (χ3n) is 3.52. The second-order valence-electron chi connectivity index (χ2n) is 4.77. The van der Waals surface area contributed by atoms with Crippen molar-refractivity contribution in [2.75, 3.05) is 13.1 Å². The number of hydrogen-bond acceptors (Lipinski definition) is 3. The van der Waals surface area contributed by atoms with Crippen LogP contribution in [0.1, 0.15) is 30.1 Å². The molecular weight excluding hydrogens is 302 g/mol. The molecule has 0 spiro atoms. The first-order valence-electron chi connectivity index (χ1n) is 5.70. The first-order chi connectivity index (χ1) is 8.44. The van der Waals surface area contributed by atoms with Gasteiger partial charge in [0.1, 0.15) is 0 Å². The van der Waals surface area contributed by atoms with Crippen molar-refractivity contribution in [3.8, 4) is 0 Å². The van der Waals surface area contributed by atoms with E-state index in [-0.39, 0.29) is 5.91 Å². The quantitative estimate of drug-likeness (QED) is 0.909. The number of hydrogen-bond donors (Lipinski definition) is 1. The van der Waals surface area contributed by atoms with E-state index in [4.69, 9.17) is 9.52 Å². The minimum Gasteiger partial charge on any atom is -0.481 e. The Kier molecular flexibility index (Phi) is 3.47. The number of halogens is 1. The smallest absolute Gasteiger partial charge is 0.309 e. The van der Waals surface area contributed by atoms with Crippen LogP contribution in [0.2, 0.25) is 0 Å². The highest BCUT2D eigenvalue weighted by Crippen LogP contribution is 2.32. The zero-order valence-corrected chi connectivity index (χ0v) is 11.6. The van der Waals surface area contributed by atoms with Crippen LogP contribution in [0.3, 0.4) is 0 Å². The SMILES string of the molecule is CC1(C(=O)O)CCN(C(=O)c2ccoc2Br)CC1. The van der Waals surface area contributed by atoms with Gasteiger partial charge in [-0.1, -0.05) is 0 Å². The number of likely N-dealkylation sites (tertiary alicyclic amines) is 1. The fraction of sp³-hybridized carbons (Fsp3) is 0.500. The molecule has 2 heterocycles. The fourth-order valence-electron chi connectivity index (χ4n) is 2.03. The van der Waals surface area contributed by atoms with E-state index in [0.717, 1.165) is 0 Å². The summed E-state index contributed by atoms with van der Waals surface area (Å²) in [5.41, 5.74) is -0.237. The van der Waals surface area contributed by atoms with Gasteiger partial charge in [-0.2, -0.15) is 0 Å². The summed E-state index contributed by atoms with van der Waals surface area (Å²) in [6.07, 6.45) is 2.40. The summed E-state index contributed by atoms with van der Waals surface area (Å²) in [5.74, 6) is -0.915. The van der Waals surface area contributed by atoms with Crippen LogP contribution in [-0.4, -0.2) is 35.0 Å². The van der Waals surface area contributed by atoms with Crippen molar-refractivity contribution in [1.29, 1.82) is 0 Å². The van der Waals surface area contributed by atoms with Gasteiger partial charge in [-0.05, 0) is 41.8 Å². The Bertz CT molecular complexity index is 474. The van der Waals surface area contributed by atoms with Crippen molar-refractivity contribution >= 4 is 27.8 Å².